The van der Waals surface area contributed by atoms with Crippen LogP contribution in [0.25, 0.3) is 65.3 Å². The van der Waals surface area contributed by atoms with Gasteiger partial charge in [-0.1, -0.05) is 121 Å². The highest BCUT2D eigenvalue weighted by Gasteiger charge is 2.26. The summed E-state index contributed by atoms with van der Waals surface area (Å²) in [5.74, 6) is 0.0326. The fourth-order valence-electron chi connectivity index (χ4n) is 6.65. The largest absolute Gasteiger partial charge is 0.507 e. The number of fused-ring (bicyclic) bond motifs is 4. The predicted octanol–water partition coefficient (Wildman–Crippen LogP) is 10.3. The van der Waals surface area contributed by atoms with Crippen LogP contribution in [0, 0.1) is 0 Å². The second-order valence-corrected chi connectivity index (χ2v) is 11.1. The molecule has 0 aliphatic carbocycles. The minimum Gasteiger partial charge on any atom is -0.507 e. The number of phenols is 2. The van der Waals surface area contributed by atoms with Crippen molar-refractivity contribution in [2.24, 2.45) is 0 Å². The number of carbonyl (C=O) groups excluding carboxylic acids is 1. The zero-order valence-electron chi connectivity index (χ0n) is 23.7. The number of hydrogen-bond donors (Lipinski definition) is 2. The van der Waals surface area contributed by atoms with Crippen molar-refractivity contribution in [2.75, 3.05) is 0 Å². The number of aromatic hydroxyl groups is 2. The van der Waals surface area contributed by atoms with Crippen LogP contribution in [0.2, 0.25) is 0 Å². The highest BCUT2D eigenvalue weighted by molar-refractivity contribution is 6.25. The van der Waals surface area contributed by atoms with E-state index in [2.05, 4.69) is 0 Å². The summed E-state index contributed by atoms with van der Waals surface area (Å²) in [7, 11) is 0. The molecule has 0 atom stereocenters. The van der Waals surface area contributed by atoms with E-state index >= 15 is 4.79 Å². The first-order valence-electron chi connectivity index (χ1n) is 14.6. The molecule has 3 heteroatoms. The summed E-state index contributed by atoms with van der Waals surface area (Å²) < 4.78 is 0. The van der Waals surface area contributed by atoms with Crippen molar-refractivity contribution in [3.8, 4) is 33.8 Å². The molecule has 0 amide bonds. The molecular weight excluding hydrogens is 540 g/mol. The number of phenolic OH excluding ortho intramolecular Hbond substituents is 2. The Morgan fingerprint density at radius 2 is 0.636 bits per heavy atom. The summed E-state index contributed by atoms with van der Waals surface area (Å²) in [5.41, 5.74) is 3.57. The van der Waals surface area contributed by atoms with Gasteiger partial charge >= 0.3 is 0 Å². The maximum absolute atomic E-state index is 15.1. The van der Waals surface area contributed by atoms with Crippen molar-refractivity contribution < 1.29 is 15.0 Å². The standard InChI is InChI=1S/C41H26O3/c42-35-23-19-27-11-3-7-15-31(27)39(35)37-29-13-5-1-9-25(29)17-21-33(37)41(44)34-22-18-26-10-2-6-14-30(26)38(34)40-32-16-8-4-12-28(32)20-24-36(40)43/h1-24,42-43H. The highest BCUT2D eigenvalue weighted by atomic mass is 16.3. The average Bonchev–Trinajstić information content (AvgIpc) is 3.07. The van der Waals surface area contributed by atoms with Crippen LogP contribution in [0.3, 0.4) is 0 Å². The summed E-state index contributed by atoms with van der Waals surface area (Å²) in [5, 5.41) is 30.1. The molecule has 0 saturated carbocycles. The maximum Gasteiger partial charge on any atom is 0.194 e. The number of hydrogen-bond acceptors (Lipinski definition) is 3. The van der Waals surface area contributed by atoms with Gasteiger partial charge in [0.15, 0.2) is 5.78 Å². The van der Waals surface area contributed by atoms with Gasteiger partial charge in [0.05, 0.1) is 0 Å². The molecule has 8 aromatic carbocycles. The van der Waals surface area contributed by atoms with E-state index in [1.807, 2.05) is 133 Å². The molecule has 0 aromatic heterocycles. The Bertz CT molecular complexity index is 2270. The van der Waals surface area contributed by atoms with Crippen molar-refractivity contribution in [1.29, 1.82) is 0 Å². The zero-order chi connectivity index (χ0) is 29.8. The molecule has 0 aliphatic heterocycles. The summed E-state index contributed by atoms with van der Waals surface area (Å²) in [6.07, 6.45) is 0. The summed E-state index contributed by atoms with van der Waals surface area (Å²) in [4.78, 5) is 15.1. The lowest BCUT2D eigenvalue weighted by atomic mass is 9.83. The molecule has 0 saturated heterocycles. The lowest BCUT2D eigenvalue weighted by Crippen LogP contribution is -2.07. The van der Waals surface area contributed by atoms with Gasteiger partial charge in [-0.05, 0) is 67.4 Å². The Hall–Kier alpha value is -5.93. The molecule has 0 bridgehead atoms. The SMILES string of the molecule is O=C(c1ccc2ccccc2c1-c1c(O)ccc2ccccc12)c1ccc2ccccc2c1-c1c(O)ccc2ccccc12. The van der Waals surface area contributed by atoms with Crippen LogP contribution in [-0.4, -0.2) is 16.0 Å². The molecule has 8 rings (SSSR count). The molecule has 0 fully saturated rings. The van der Waals surface area contributed by atoms with Crippen LogP contribution >= 0.6 is 0 Å². The van der Waals surface area contributed by atoms with E-state index in [1.165, 1.54) is 0 Å². The molecular formula is C41H26O3. The maximum atomic E-state index is 15.1. The third-order valence-corrected chi connectivity index (χ3v) is 8.66. The van der Waals surface area contributed by atoms with Gasteiger partial charge in [-0.15, -0.1) is 0 Å². The molecule has 208 valence electrons. The van der Waals surface area contributed by atoms with Crippen molar-refractivity contribution in [3.05, 3.63) is 157 Å². The average molecular weight is 567 g/mol. The molecule has 3 nitrogen and oxygen atoms in total. The summed E-state index contributed by atoms with van der Waals surface area (Å²) in [6.45, 7) is 0. The zero-order valence-corrected chi connectivity index (χ0v) is 23.7. The second kappa shape index (κ2) is 10.1. The van der Waals surface area contributed by atoms with Gasteiger partial charge in [0, 0.05) is 33.4 Å². The highest BCUT2D eigenvalue weighted by Crippen LogP contribution is 2.46. The molecule has 2 N–H and O–H groups in total. The van der Waals surface area contributed by atoms with Crippen LogP contribution < -0.4 is 0 Å². The van der Waals surface area contributed by atoms with Crippen molar-refractivity contribution in [3.63, 3.8) is 0 Å². The summed E-state index contributed by atoms with van der Waals surface area (Å²) >= 11 is 0. The third kappa shape index (κ3) is 3.94. The normalized spacial score (nSPS) is 11.5. The minimum absolute atomic E-state index is 0.111. The van der Waals surface area contributed by atoms with E-state index in [0.29, 0.717) is 33.4 Å². The van der Waals surface area contributed by atoms with E-state index in [1.54, 1.807) is 12.1 Å². The molecule has 44 heavy (non-hydrogen) atoms. The number of benzene rings is 8. The Labute approximate surface area is 253 Å². The van der Waals surface area contributed by atoms with Gasteiger partial charge < -0.3 is 10.2 Å². The van der Waals surface area contributed by atoms with Gasteiger partial charge in [0.2, 0.25) is 0 Å². The first kappa shape index (κ1) is 25.8. The molecule has 0 spiro atoms. The second-order valence-electron chi connectivity index (χ2n) is 11.1. The van der Waals surface area contributed by atoms with Crippen LogP contribution in [0.4, 0.5) is 0 Å². The Morgan fingerprint density at radius 1 is 0.341 bits per heavy atom. The smallest absolute Gasteiger partial charge is 0.194 e. The van der Waals surface area contributed by atoms with Crippen molar-refractivity contribution in [1.82, 2.24) is 0 Å². The van der Waals surface area contributed by atoms with Crippen LogP contribution in [0.1, 0.15) is 15.9 Å². The van der Waals surface area contributed by atoms with Crippen LogP contribution in [0.5, 0.6) is 11.5 Å². The number of carbonyl (C=O) groups is 1. The first-order chi connectivity index (χ1) is 21.6. The molecule has 0 unspecified atom stereocenters. The molecule has 0 heterocycles. The van der Waals surface area contributed by atoms with E-state index in [4.69, 9.17) is 0 Å². The lowest BCUT2D eigenvalue weighted by molar-refractivity contribution is 0.104. The summed E-state index contributed by atoms with van der Waals surface area (Å²) in [6, 6.07) is 46.6. The Morgan fingerprint density at radius 3 is 1.00 bits per heavy atom. The monoisotopic (exact) mass is 566 g/mol. The van der Waals surface area contributed by atoms with Crippen molar-refractivity contribution >= 4 is 48.9 Å². The van der Waals surface area contributed by atoms with Crippen LogP contribution in [-0.2, 0) is 0 Å². The number of rotatable bonds is 4. The van der Waals surface area contributed by atoms with Gasteiger partial charge in [0.1, 0.15) is 11.5 Å². The Kier molecular flexibility index (Phi) is 5.92. The van der Waals surface area contributed by atoms with E-state index in [-0.39, 0.29) is 17.3 Å². The van der Waals surface area contributed by atoms with Gasteiger partial charge in [-0.3, -0.25) is 4.79 Å². The third-order valence-electron chi connectivity index (χ3n) is 8.66. The van der Waals surface area contributed by atoms with E-state index in [9.17, 15) is 10.2 Å². The minimum atomic E-state index is -0.189. The Balaban J connectivity index is 1.49. The lowest BCUT2D eigenvalue weighted by Gasteiger charge is -2.19. The quantitative estimate of drug-likeness (QED) is 0.208. The van der Waals surface area contributed by atoms with Gasteiger partial charge in [-0.2, -0.15) is 0 Å². The van der Waals surface area contributed by atoms with Gasteiger partial charge in [0.25, 0.3) is 0 Å². The van der Waals surface area contributed by atoms with Crippen molar-refractivity contribution in [2.45, 2.75) is 0 Å². The molecule has 8 aromatic rings. The first-order valence-corrected chi connectivity index (χ1v) is 14.6. The molecule has 0 radical (unpaired) electrons. The topological polar surface area (TPSA) is 57.5 Å². The van der Waals surface area contributed by atoms with E-state index in [0.717, 1.165) is 43.1 Å². The fourth-order valence-corrected chi connectivity index (χ4v) is 6.65. The van der Waals surface area contributed by atoms with Gasteiger partial charge in [-0.25, -0.2) is 0 Å². The number of ketones is 1. The van der Waals surface area contributed by atoms with Crippen LogP contribution in [0.15, 0.2) is 146 Å². The molecule has 0 aliphatic rings. The van der Waals surface area contributed by atoms with E-state index < -0.39 is 0 Å². The predicted molar refractivity (Wildman–Crippen MR) is 181 cm³/mol. The fraction of sp³-hybridized carbons (Fsp3) is 0.